The molecular formula is C13H21N3O3S. The molecule has 0 saturated carbocycles. The van der Waals surface area contributed by atoms with Crippen molar-refractivity contribution in [3.8, 4) is 0 Å². The molecule has 0 radical (unpaired) electrons. The predicted molar refractivity (Wildman–Crippen MR) is 79.2 cm³/mol. The van der Waals surface area contributed by atoms with E-state index in [1.165, 1.54) is 19.2 Å². The molecule has 0 aliphatic rings. The smallest absolute Gasteiger partial charge is 0.240 e. The van der Waals surface area contributed by atoms with Crippen LogP contribution in [0.5, 0.6) is 0 Å². The van der Waals surface area contributed by atoms with Crippen molar-refractivity contribution in [2.45, 2.75) is 25.2 Å². The lowest BCUT2D eigenvalue weighted by Crippen LogP contribution is -2.22. The number of aryl methyl sites for hydroxylation is 1. The largest absolute Gasteiger partial charge is 0.326 e. The first-order chi connectivity index (χ1) is 9.40. The summed E-state index contributed by atoms with van der Waals surface area (Å²) in [6.45, 7) is 5.18. The van der Waals surface area contributed by atoms with Crippen LogP contribution in [-0.4, -0.2) is 34.5 Å². The Balaban J connectivity index is 2.85. The summed E-state index contributed by atoms with van der Waals surface area (Å²) >= 11 is 0. The van der Waals surface area contributed by atoms with Gasteiger partial charge in [-0.15, -0.1) is 0 Å². The molecule has 0 unspecified atom stereocenters. The van der Waals surface area contributed by atoms with Gasteiger partial charge in [-0.05, 0) is 38.2 Å². The van der Waals surface area contributed by atoms with E-state index < -0.39 is 10.0 Å². The second-order valence-corrected chi connectivity index (χ2v) is 6.22. The Morgan fingerprint density at radius 1 is 1.30 bits per heavy atom. The topological polar surface area (TPSA) is 87.3 Å². The van der Waals surface area contributed by atoms with Crippen molar-refractivity contribution in [3.63, 3.8) is 0 Å². The number of nitrogens with one attached hydrogen (secondary N) is 3. The summed E-state index contributed by atoms with van der Waals surface area (Å²) in [5.41, 5.74) is 1.33. The quantitative estimate of drug-likeness (QED) is 0.651. The van der Waals surface area contributed by atoms with E-state index in [-0.39, 0.29) is 10.8 Å². The van der Waals surface area contributed by atoms with Gasteiger partial charge in [0.2, 0.25) is 15.9 Å². The lowest BCUT2D eigenvalue weighted by Gasteiger charge is -2.11. The van der Waals surface area contributed by atoms with Crippen molar-refractivity contribution >= 4 is 21.6 Å². The second-order valence-electron chi connectivity index (χ2n) is 4.34. The van der Waals surface area contributed by atoms with Gasteiger partial charge in [0, 0.05) is 18.7 Å². The van der Waals surface area contributed by atoms with Crippen LogP contribution in [0.25, 0.3) is 0 Å². The van der Waals surface area contributed by atoms with Crippen LogP contribution >= 0.6 is 0 Å². The van der Waals surface area contributed by atoms with Crippen LogP contribution in [0.15, 0.2) is 23.1 Å². The van der Waals surface area contributed by atoms with Crippen LogP contribution in [0.1, 0.15) is 18.9 Å². The third kappa shape index (κ3) is 4.59. The average Bonchev–Trinajstić information content (AvgIpc) is 2.41. The van der Waals surface area contributed by atoms with E-state index in [0.717, 1.165) is 12.1 Å². The summed E-state index contributed by atoms with van der Waals surface area (Å²) in [6, 6.07) is 4.64. The zero-order chi connectivity index (χ0) is 15.2. The molecule has 0 spiro atoms. The molecule has 6 nitrogen and oxygen atoms in total. The minimum atomic E-state index is -3.51. The van der Waals surface area contributed by atoms with E-state index >= 15 is 0 Å². The van der Waals surface area contributed by atoms with Gasteiger partial charge in [0.1, 0.15) is 0 Å². The Morgan fingerprint density at radius 3 is 2.60 bits per heavy atom. The summed E-state index contributed by atoms with van der Waals surface area (Å²) in [7, 11) is -2.16. The van der Waals surface area contributed by atoms with Crippen molar-refractivity contribution in [1.29, 1.82) is 0 Å². The first-order valence-electron chi connectivity index (χ1n) is 6.45. The van der Waals surface area contributed by atoms with Gasteiger partial charge in [0.05, 0.1) is 4.90 Å². The van der Waals surface area contributed by atoms with Gasteiger partial charge >= 0.3 is 0 Å². The minimum Gasteiger partial charge on any atom is -0.326 e. The van der Waals surface area contributed by atoms with Crippen molar-refractivity contribution < 1.29 is 13.2 Å². The van der Waals surface area contributed by atoms with Gasteiger partial charge in [-0.3, -0.25) is 4.79 Å². The molecule has 1 aromatic carbocycles. The Morgan fingerprint density at radius 2 is 2.00 bits per heavy atom. The molecule has 20 heavy (non-hydrogen) atoms. The number of amides is 1. The summed E-state index contributed by atoms with van der Waals surface area (Å²) in [4.78, 5) is 11.9. The van der Waals surface area contributed by atoms with E-state index in [2.05, 4.69) is 15.4 Å². The van der Waals surface area contributed by atoms with Crippen LogP contribution in [-0.2, 0) is 14.8 Å². The van der Waals surface area contributed by atoms with E-state index in [4.69, 9.17) is 0 Å². The van der Waals surface area contributed by atoms with E-state index in [1.807, 2.05) is 13.8 Å². The van der Waals surface area contributed by atoms with Crippen molar-refractivity contribution in [2.24, 2.45) is 0 Å². The highest BCUT2D eigenvalue weighted by atomic mass is 32.2. The van der Waals surface area contributed by atoms with Gasteiger partial charge in [0.25, 0.3) is 0 Å². The third-order valence-electron chi connectivity index (χ3n) is 2.84. The molecule has 1 rings (SSSR count). The van der Waals surface area contributed by atoms with Gasteiger partial charge in [-0.1, -0.05) is 13.0 Å². The van der Waals surface area contributed by atoms with Gasteiger partial charge < -0.3 is 10.6 Å². The molecule has 1 aromatic rings. The molecule has 0 bridgehead atoms. The number of anilines is 1. The lowest BCUT2D eigenvalue weighted by atomic mass is 10.2. The van der Waals surface area contributed by atoms with Crippen LogP contribution in [0.2, 0.25) is 0 Å². The molecule has 1 amide bonds. The van der Waals surface area contributed by atoms with Crippen LogP contribution in [0.3, 0.4) is 0 Å². The number of carbonyl (C=O) groups is 1. The molecule has 0 aliphatic heterocycles. The fraction of sp³-hybridized carbons (Fsp3) is 0.462. The normalized spacial score (nSPS) is 11.3. The average molecular weight is 299 g/mol. The van der Waals surface area contributed by atoms with Crippen molar-refractivity contribution in [3.05, 3.63) is 23.8 Å². The van der Waals surface area contributed by atoms with Gasteiger partial charge in [0.15, 0.2) is 0 Å². The van der Waals surface area contributed by atoms with Crippen LogP contribution in [0.4, 0.5) is 5.69 Å². The monoisotopic (exact) mass is 299 g/mol. The van der Waals surface area contributed by atoms with Crippen molar-refractivity contribution in [1.82, 2.24) is 10.0 Å². The number of benzene rings is 1. The Bertz CT molecular complexity index is 570. The highest BCUT2D eigenvalue weighted by molar-refractivity contribution is 7.89. The fourth-order valence-electron chi connectivity index (χ4n) is 1.61. The first-order valence-corrected chi connectivity index (χ1v) is 7.93. The standard InChI is InChI=1S/C13H21N3O3S/c1-4-15-8-7-13(17)16-12-9-11(6-5-10(12)2)20(18,19)14-3/h5-6,9,14-15H,4,7-8H2,1-3H3,(H,16,17). The van der Waals surface area contributed by atoms with Crippen LogP contribution < -0.4 is 15.4 Å². The molecule has 0 aliphatic carbocycles. The molecule has 112 valence electrons. The Hall–Kier alpha value is -1.44. The molecule has 0 atom stereocenters. The van der Waals surface area contributed by atoms with Crippen molar-refractivity contribution in [2.75, 3.05) is 25.5 Å². The minimum absolute atomic E-state index is 0.132. The van der Waals surface area contributed by atoms with Crippen LogP contribution in [0, 0.1) is 6.92 Å². The molecular weight excluding hydrogens is 278 g/mol. The third-order valence-corrected chi connectivity index (χ3v) is 4.25. The number of carbonyl (C=O) groups excluding carboxylic acids is 1. The van der Waals surface area contributed by atoms with Gasteiger partial charge in [-0.25, -0.2) is 13.1 Å². The Kier molecular flexibility index (Phi) is 6.12. The zero-order valence-corrected chi connectivity index (χ0v) is 12.8. The number of rotatable bonds is 7. The summed E-state index contributed by atoms with van der Waals surface area (Å²) < 4.78 is 25.7. The summed E-state index contributed by atoms with van der Waals surface area (Å²) in [5.74, 6) is -0.145. The van der Waals surface area contributed by atoms with E-state index in [9.17, 15) is 13.2 Å². The maximum absolute atomic E-state index is 11.8. The second kappa shape index (κ2) is 7.37. The fourth-order valence-corrected chi connectivity index (χ4v) is 2.37. The highest BCUT2D eigenvalue weighted by Crippen LogP contribution is 2.20. The Labute approximate surface area is 120 Å². The molecule has 0 aromatic heterocycles. The van der Waals surface area contributed by atoms with E-state index in [0.29, 0.717) is 18.7 Å². The number of hydrogen-bond donors (Lipinski definition) is 3. The summed E-state index contributed by atoms with van der Waals surface area (Å²) in [5, 5.41) is 5.79. The highest BCUT2D eigenvalue weighted by Gasteiger charge is 2.13. The molecule has 3 N–H and O–H groups in total. The summed E-state index contributed by atoms with van der Waals surface area (Å²) in [6.07, 6.45) is 0.344. The molecule has 7 heteroatoms. The van der Waals surface area contributed by atoms with E-state index in [1.54, 1.807) is 6.07 Å². The molecule has 0 fully saturated rings. The number of sulfonamides is 1. The number of hydrogen-bond acceptors (Lipinski definition) is 4. The first kappa shape index (κ1) is 16.6. The lowest BCUT2D eigenvalue weighted by molar-refractivity contribution is -0.116. The molecule has 0 heterocycles. The predicted octanol–water partition coefficient (Wildman–Crippen LogP) is 0.841. The molecule has 0 saturated heterocycles. The maximum atomic E-state index is 11.8. The maximum Gasteiger partial charge on any atom is 0.240 e. The van der Waals surface area contributed by atoms with Gasteiger partial charge in [-0.2, -0.15) is 0 Å². The zero-order valence-electron chi connectivity index (χ0n) is 12.0. The SMILES string of the molecule is CCNCCC(=O)Nc1cc(S(=O)(=O)NC)ccc1C.